The summed E-state index contributed by atoms with van der Waals surface area (Å²) in [4.78, 5) is 92.9. The quantitative estimate of drug-likeness (QED) is 0.0281. The number of amides is 4. The molecule has 4 aromatic rings. The molecule has 0 saturated heterocycles. The molecule has 0 bridgehead atoms. The number of phenolic OH excluding ortho intramolecular Hbond substituents is 2. The van der Waals surface area contributed by atoms with Crippen molar-refractivity contribution in [2.75, 3.05) is 6.54 Å². The number of hydrogen-bond acceptors (Lipinski definition) is 12. The number of nitrogens with two attached hydrogens (primary N) is 2. The predicted octanol–water partition coefficient (Wildman–Crippen LogP) is 2.53. The van der Waals surface area contributed by atoms with Gasteiger partial charge in [-0.05, 0) is 91.7 Å². The van der Waals surface area contributed by atoms with Crippen molar-refractivity contribution >= 4 is 64.6 Å². The van der Waals surface area contributed by atoms with Crippen molar-refractivity contribution in [3.63, 3.8) is 0 Å². The third-order valence-corrected chi connectivity index (χ3v) is 9.56. The van der Waals surface area contributed by atoms with Crippen LogP contribution in [0.2, 0.25) is 10.0 Å². The van der Waals surface area contributed by atoms with E-state index in [1.54, 1.807) is 24.3 Å². The van der Waals surface area contributed by atoms with E-state index < -0.39 is 75.2 Å². The van der Waals surface area contributed by atoms with Crippen LogP contribution in [0.3, 0.4) is 0 Å². The van der Waals surface area contributed by atoms with Gasteiger partial charge in [-0.1, -0.05) is 47.5 Å². The second-order valence-electron chi connectivity index (χ2n) is 13.4. The second kappa shape index (κ2) is 20.4. The number of nitrogens with one attached hydrogen (secondary N) is 4. The summed E-state index contributed by atoms with van der Waals surface area (Å²) < 4.78 is 0. The summed E-state index contributed by atoms with van der Waals surface area (Å²) in [6.45, 7) is 0.909. The van der Waals surface area contributed by atoms with Gasteiger partial charge >= 0.3 is 11.9 Å². The number of aliphatic carboxylic acids is 2. The highest BCUT2D eigenvalue weighted by atomic mass is 35.5. The molecule has 0 aromatic heterocycles. The standard InChI is InChI=1S/C40H41Cl2N7O11/c1-40(39(59)60,33(53)27-12-10-23(17-29(27)41)35(54)45-19-21-5-2-7-25(50)15-21)48-49(34(32(44)38(57)58)47-31(52)9-4-14-43)37(56)28-13-11-24(18-30(28)42)36(55)46-20-22-6-3-8-26(51)16-22/h2-3,5-8,10-13,15-18,32,34,48,50-51H,4,9,14,19-20,43-44H2,1H3,(H,45,54)(H,46,55)(H,47,52)(H,57,58)(H,59,60)/t32-,34?,40+/m0/s1. The number of Topliss-reactive ketones (excluding diaryl/α,β-unsaturated/α-hetero) is 1. The maximum atomic E-state index is 14.4. The van der Waals surface area contributed by atoms with Crippen molar-refractivity contribution in [1.82, 2.24) is 26.4 Å². The van der Waals surface area contributed by atoms with E-state index in [9.17, 15) is 54.0 Å². The molecule has 0 heterocycles. The summed E-state index contributed by atoms with van der Waals surface area (Å²) in [6, 6.07) is 16.8. The fraction of sp³-hybridized carbons (Fsp3) is 0.225. The Kier molecular flexibility index (Phi) is 15.7. The van der Waals surface area contributed by atoms with Gasteiger partial charge in [-0.2, -0.15) is 0 Å². The minimum Gasteiger partial charge on any atom is -0.508 e. The van der Waals surface area contributed by atoms with Crippen LogP contribution in [-0.4, -0.2) is 91.1 Å². The zero-order valence-electron chi connectivity index (χ0n) is 31.8. The van der Waals surface area contributed by atoms with Crippen LogP contribution in [0.25, 0.3) is 0 Å². The molecule has 0 aliphatic rings. The third-order valence-electron chi connectivity index (χ3n) is 8.93. The summed E-state index contributed by atoms with van der Waals surface area (Å²) in [5, 5.41) is 47.0. The molecule has 4 rings (SSSR count). The molecule has 1 unspecified atom stereocenters. The average Bonchev–Trinajstić information content (AvgIpc) is 3.21. The smallest absolute Gasteiger partial charge is 0.333 e. The Balaban J connectivity index is 1.70. The van der Waals surface area contributed by atoms with Gasteiger partial charge in [0.1, 0.15) is 23.7 Å². The van der Waals surface area contributed by atoms with E-state index in [2.05, 4.69) is 21.4 Å². The molecule has 20 heteroatoms. The highest BCUT2D eigenvalue weighted by Crippen LogP contribution is 2.27. The molecule has 0 aliphatic carbocycles. The van der Waals surface area contributed by atoms with Gasteiger partial charge in [-0.25, -0.2) is 15.2 Å². The van der Waals surface area contributed by atoms with Crippen LogP contribution in [0.4, 0.5) is 0 Å². The van der Waals surface area contributed by atoms with Crippen LogP contribution < -0.4 is 32.8 Å². The summed E-state index contributed by atoms with van der Waals surface area (Å²) in [7, 11) is 0. The predicted molar refractivity (Wildman–Crippen MR) is 217 cm³/mol. The largest absolute Gasteiger partial charge is 0.508 e. The molecule has 60 heavy (non-hydrogen) atoms. The number of phenols is 2. The van der Waals surface area contributed by atoms with E-state index in [-0.39, 0.29) is 60.1 Å². The summed E-state index contributed by atoms with van der Waals surface area (Å²) in [5.74, 6) is -8.41. The molecule has 0 aliphatic heterocycles. The first-order chi connectivity index (χ1) is 28.4. The molecular weight excluding hydrogens is 825 g/mol. The number of hydrogen-bond donors (Lipinski definition) is 10. The number of nitrogens with zero attached hydrogens (tertiary/aromatic N) is 1. The first-order valence-electron chi connectivity index (χ1n) is 17.9. The van der Waals surface area contributed by atoms with E-state index in [4.69, 9.17) is 34.7 Å². The fourth-order valence-corrected chi connectivity index (χ4v) is 6.13. The highest BCUT2D eigenvalue weighted by Gasteiger charge is 2.48. The number of carboxylic acid groups (broad SMARTS) is 2. The van der Waals surface area contributed by atoms with Gasteiger partial charge in [0.25, 0.3) is 17.7 Å². The van der Waals surface area contributed by atoms with Crippen LogP contribution in [0, 0.1) is 0 Å². The summed E-state index contributed by atoms with van der Waals surface area (Å²) in [5.41, 5.74) is 11.1. The first kappa shape index (κ1) is 46.1. The number of benzene rings is 4. The first-order valence-corrected chi connectivity index (χ1v) is 18.7. The van der Waals surface area contributed by atoms with Crippen molar-refractivity contribution in [2.24, 2.45) is 11.5 Å². The Hall–Kier alpha value is -6.57. The molecule has 0 saturated carbocycles. The van der Waals surface area contributed by atoms with Crippen molar-refractivity contribution < 1.29 is 54.0 Å². The number of ketones is 1. The van der Waals surface area contributed by atoms with Gasteiger partial charge in [-0.15, -0.1) is 0 Å². The molecule has 4 amide bonds. The average molecular weight is 867 g/mol. The molecule has 316 valence electrons. The van der Waals surface area contributed by atoms with Crippen molar-refractivity contribution in [2.45, 2.75) is 50.6 Å². The van der Waals surface area contributed by atoms with Crippen LogP contribution in [0.5, 0.6) is 11.5 Å². The third kappa shape index (κ3) is 11.5. The molecule has 0 radical (unpaired) electrons. The number of aromatic hydroxyl groups is 2. The van der Waals surface area contributed by atoms with Gasteiger partial charge in [-0.3, -0.25) is 28.8 Å². The lowest BCUT2D eigenvalue weighted by Crippen LogP contribution is -2.71. The molecule has 4 aromatic carbocycles. The van der Waals surface area contributed by atoms with Crippen LogP contribution >= 0.6 is 23.2 Å². The lowest BCUT2D eigenvalue weighted by molar-refractivity contribution is -0.145. The molecule has 0 spiro atoms. The topological polar surface area (TPSA) is 304 Å². The van der Waals surface area contributed by atoms with E-state index in [0.29, 0.717) is 16.1 Å². The number of hydrazine groups is 1. The van der Waals surface area contributed by atoms with Crippen molar-refractivity contribution in [3.05, 3.63) is 128 Å². The highest BCUT2D eigenvalue weighted by molar-refractivity contribution is 6.36. The molecular formula is C40H41Cl2N7O11. The fourth-order valence-electron chi connectivity index (χ4n) is 5.60. The van der Waals surface area contributed by atoms with Crippen LogP contribution in [0.1, 0.15) is 72.3 Å². The monoisotopic (exact) mass is 865 g/mol. The SMILES string of the molecule is C[C@](NN(C(=O)c1ccc(C(=O)NCc2cccc(O)c2)cc1Cl)C(NC(=O)CCCN)[C@H](N)C(=O)O)(C(=O)O)C(=O)c1ccc(C(=O)NCc2cccc(O)c2)cc1Cl. The molecule has 3 atom stereocenters. The summed E-state index contributed by atoms with van der Waals surface area (Å²) in [6.07, 6.45) is -2.25. The van der Waals surface area contributed by atoms with Crippen molar-refractivity contribution in [1.29, 1.82) is 0 Å². The Morgan fingerprint density at radius 1 is 0.750 bits per heavy atom. The molecule has 12 N–H and O–H groups in total. The van der Waals surface area contributed by atoms with Crippen LogP contribution in [0.15, 0.2) is 84.9 Å². The van der Waals surface area contributed by atoms with E-state index >= 15 is 0 Å². The van der Waals surface area contributed by atoms with Gasteiger partial charge in [0.15, 0.2) is 11.3 Å². The van der Waals surface area contributed by atoms with Crippen LogP contribution in [-0.2, 0) is 27.5 Å². The molecule has 18 nitrogen and oxygen atoms in total. The number of carbonyl (C=O) groups excluding carboxylic acids is 5. The number of halogens is 2. The van der Waals surface area contributed by atoms with E-state index in [0.717, 1.165) is 31.2 Å². The summed E-state index contributed by atoms with van der Waals surface area (Å²) >= 11 is 13.0. The Morgan fingerprint density at radius 3 is 1.68 bits per heavy atom. The minimum atomic E-state index is -2.88. The number of carbonyl (C=O) groups is 7. The normalized spacial score (nSPS) is 12.9. The molecule has 0 fully saturated rings. The van der Waals surface area contributed by atoms with E-state index in [1.807, 2.05) is 0 Å². The zero-order valence-corrected chi connectivity index (χ0v) is 33.3. The Morgan fingerprint density at radius 2 is 1.25 bits per heavy atom. The Labute approximate surface area is 352 Å². The maximum absolute atomic E-state index is 14.4. The second-order valence-corrected chi connectivity index (χ2v) is 14.2. The number of rotatable bonds is 19. The van der Waals surface area contributed by atoms with Crippen molar-refractivity contribution in [3.8, 4) is 11.5 Å². The lowest BCUT2D eigenvalue weighted by atomic mass is 9.91. The lowest BCUT2D eigenvalue weighted by Gasteiger charge is -2.39. The zero-order chi connectivity index (χ0) is 44.3. The number of carboxylic acids is 2. The van der Waals surface area contributed by atoms with Gasteiger partial charge in [0.2, 0.25) is 5.91 Å². The van der Waals surface area contributed by atoms with Gasteiger partial charge in [0, 0.05) is 36.2 Å². The van der Waals surface area contributed by atoms with Gasteiger partial charge < -0.3 is 47.8 Å². The van der Waals surface area contributed by atoms with Gasteiger partial charge in [0.05, 0.1) is 15.6 Å². The minimum absolute atomic E-state index is 0.00393. The Bertz CT molecular complexity index is 2310. The maximum Gasteiger partial charge on any atom is 0.333 e. The van der Waals surface area contributed by atoms with E-state index in [1.165, 1.54) is 36.4 Å².